The van der Waals surface area contributed by atoms with Gasteiger partial charge >= 0.3 is 0 Å². The standard InChI is InChI=1S/C9H22N2/c1-4-6-7-8-11(5-2)9(3)10/h9H,4-8,10H2,1-3H3. The van der Waals surface area contributed by atoms with Gasteiger partial charge in [-0.15, -0.1) is 0 Å². The zero-order valence-corrected chi connectivity index (χ0v) is 8.14. The van der Waals surface area contributed by atoms with Gasteiger partial charge in [0.05, 0.1) is 6.17 Å². The van der Waals surface area contributed by atoms with Crippen molar-refractivity contribution in [3.63, 3.8) is 0 Å². The molecule has 0 amide bonds. The molecule has 0 saturated carbocycles. The van der Waals surface area contributed by atoms with Gasteiger partial charge in [-0.05, 0) is 26.4 Å². The molecular formula is C9H22N2. The molecule has 0 rings (SSSR count). The summed E-state index contributed by atoms with van der Waals surface area (Å²) in [7, 11) is 0. The fraction of sp³-hybridized carbons (Fsp3) is 1.00. The van der Waals surface area contributed by atoms with E-state index in [0.717, 1.165) is 13.1 Å². The lowest BCUT2D eigenvalue weighted by atomic mass is 10.2. The van der Waals surface area contributed by atoms with Crippen LogP contribution in [-0.4, -0.2) is 24.2 Å². The van der Waals surface area contributed by atoms with Crippen molar-refractivity contribution in [1.29, 1.82) is 0 Å². The molecule has 0 spiro atoms. The van der Waals surface area contributed by atoms with Crippen LogP contribution in [0.15, 0.2) is 0 Å². The number of hydrogen-bond acceptors (Lipinski definition) is 2. The van der Waals surface area contributed by atoms with Gasteiger partial charge in [-0.1, -0.05) is 26.7 Å². The Labute approximate surface area is 70.8 Å². The number of hydrogen-bond donors (Lipinski definition) is 1. The minimum atomic E-state index is 0.219. The van der Waals surface area contributed by atoms with E-state index in [9.17, 15) is 0 Å². The fourth-order valence-electron chi connectivity index (χ4n) is 1.21. The zero-order valence-electron chi connectivity index (χ0n) is 8.14. The molecule has 1 atom stereocenters. The van der Waals surface area contributed by atoms with Crippen molar-refractivity contribution in [1.82, 2.24) is 4.90 Å². The smallest absolute Gasteiger partial charge is 0.0542 e. The Morgan fingerprint density at radius 2 is 1.91 bits per heavy atom. The van der Waals surface area contributed by atoms with Crippen molar-refractivity contribution < 1.29 is 0 Å². The van der Waals surface area contributed by atoms with Gasteiger partial charge in [0.15, 0.2) is 0 Å². The minimum Gasteiger partial charge on any atom is -0.316 e. The lowest BCUT2D eigenvalue weighted by Crippen LogP contribution is -2.39. The van der Waals surface area contributed by atoms with Crippen molar-refractivity contribution in [2.45, 2.75) is 46.2 Å². The highest BCUT2D eigenvalue weighted by Gasteiger charge is 2.04. The second kappa shape index (κ2) is 6.62. The Kier molecular flexibility index (Phi) is 6.57. The predicted molar refractivity (Wildman–Crippen MR) is 50.4 cm³/mol. The molecule has 68 valence electrons. The molecule has 2 heteroatoms. The lowest BCUT2D eigenvalue weighted by molar-refractivity contribution is 0.220. The second-order valence-corrected chi connectivity index (χ2v) is 3.08. The van der Waals surface area contributed by atoms with Crippen LogP contribution in [-0.2, 0) is 0 Å². The molecule has 0 aromatic carbocycles. The molecule has 0 aromatic rings. The van der Waals surface area contributed by atoms with E-state index in [-0.39, 0.29) is 6.17 Å². The maximum Gasteiger partial charge on any atom is 0.0542 e. The molecule has 0 saturated heterocycles. The molecule has 0 aliphatic heterocycles. The average molecular weight is 158 g/mol. The first kappa shape index (κ1) is 10.9. The van der Waals surface area contributed by atoms with Gasteiger partial charge in [-0.25, -0.2) is 0 Å². The topological polar surface area (TPSA) is 29.3 Å². The van der Waals surface area contributed by atoms with Crippen LogP contribution in [0, 0.1) is 0 Å². The molecule has 0 radical (unpaired) electrons. The number of rotatable bonds is 6. The van der Waals surface area contributed by atoms with Crippen LogP contribution >= 0.6 is 0 Å². The first-order valence-corrected chi connectivity index (χ1v) is 4.72. The van der Waals surface area contributed by atoms with E-state index in [1.807, 2.05) is 0 Å². The Bertz CT molecular complexity index is 81.6. The van der Waals surface area contributed by atoms with Crippen molar-refractivity contribution in [2.24, 2.45) is 5.73 Å². The quantitative estimate of drug-likeness (QED) is 0.472. The predicted octanol–water partition coefficient (Wildman–Crippen LogP) is 1.80. The van der Waals surface area contributed by atoms with Crippen molar-refractivity contribution in [3.05, 3.63) is 0 Å². The monoisotopic (exact) mass is 158 g/mol. The zero-order chi connectivity index (χ0) is 8.69. The van der Waals surface area contributed by atoms with Crippen LogP contribution in [0.3, 0.4) is 0 Å². The highest BCUT2D eigenvalue weighted by Crippen LogP contribution is 1.99. The van der Waals surface area contributed by atoms with E-state index in [1.165, 1.54) is 19.3 Å². The summed E-state index contributed by atoms with van der Waals surface area (Å²) in [5, 5.41) is 0. The summed E-state index contributed by atoms with van der Waals surface area (Å²) in [6.45, 7) is 8.66. The van der Waals surface area contributed by atoms with E-state index in [2.05, 4.69) is 25.7 Å². The molecule has 0 bridgehead atoms. The molecule has 11 heavy (non-hydrogen) atoms. The molecule has 0 fully saturated rings. The summed E-state index contributed by atoms with van der Waals surface area (Å²) < 4.78 is 0. The van der Waals surface area contributed by atoms with Crippen LogP contribution in [0.1, 0.15) is 40.0 Å². The minimum absolute atomic E-state index is 0.219. The third-order valence-corrected chi connectivity index (χ3v) is 2.03. The summed E-state index contributed by atoms with van der Waals surface area (Å²) >= 11 is 0. The van der Waals surface area contributed by atoms with Crippen LogP contribution in [0.2, 0.25) is 0 Å². The SMILES string of the molecule is CCCCCN(CC)C(C)N. The Morgan fingerprint density at radius 3 is 2.27 bits per heavy atom. The highest BCUT2D eigenvalue weighted by atomic mass is 15.2. The van der Waals surface area contributed by atoms with Gasteiger partial charge in [-0.3, -0.25) is 4.90 Å². The average Bonchev–Trinajstić information content (AvgIpc) is 1.97. The lowest BCUT2D eigenvalue weighted by Gasteiger charge is -2.24. The van der Waals surface area contributed by atoms with Gasteiger partial charge in [0.1, 0.15) is 0 Å². The molecule has 2 nitrogen and oxygen atoms in total. The van der Waals surface area contributed by atoms with Gasteiger partial charge in [0.25, 0.3) is 0 Å². The molecule has 2 N–H and O–H groups in total. The third kappa shape index (κ3) is 5.22. The van der Waals surface area contributed by atoms with Crippen molar-refractivity contribution in [2.75, 3.05) is 13.1 Å². The third-order valence-electron chi connectivity index (χ3n) is 2.03. The van der Waals surface area contributed by atoms with Crippen LogP contribution in [0.5, 0.6) is 0 Å². The molecule has 0 aliphatic carbocycles. The maximum absolute atomic E-state index is 5.76. The van der Waals surface area contributed by atoms with Gasteiger partial charge in [-0.2, -0.15) is 0 Å². The summed E-state index contributed by atoms with van der Waals surface area (Å²) in [4.78, 5) is 2.30. The van der Waals surface area contributed by atoms with E-state index in [1.54, 1.807) is 0 Å². The summed E-state index contributed by atoms with van der Waals surface area (Å²) in [5.74, 6) is 0. The first-order valence-electron chi connectivity index (χ1n) is 4.72. The summed E-state index contributed by atoms with van der Waals surface area (Å²) in [6.07, 6.45) is 4.11. The van der Waals surface area contributed by atoms with Gasteiger partial charge in [0.2, 0.25) is 0 Å². The molecule has 0 aromatic heterocycles. The van der Waals surface area contributed by atoms with Crippen molar-refractivity contribution >= 4 is 0 Å². The first-order chi connectivity index (χ1) is 5.22. The molecule has 0 heterocycles. The largest absolute Gasteiger partial charge is 0.316 e. The molecular weight excluding hydrogens is 136 g/mol. The summed E-state index contributed by atoms with van der Waals surface area (Å²) in [5.41, 5.74) is 5.76. The Balaban J connectivity index is 3.36. The van der Waals surface area contributed by atoms with E-state index >= 15 is 0 Å². The van der Waals surface area contributed by atoms with Gasteiger partial charge in [0, 0.05) is 0 Å². The fourth-order valence-corrected chi connectivity index (χ4v) is 1.21. The normalized spacial score (nSPS) is 13.9. The molecule has 1 unspecified atom stereocenters. The van der Waals surface area contributed by atoms with E-state index in [0.29, 0.717) is 0 Å². The van der Waals surface area contributed by atoms with Gasteiger partial charge < -0.3 is 5.73 Å². The number of unbranched alkanes of at least 4 members (excludes halogenated alkanes) is 2. The Morgan fingerprint density at radius 1 is 1.27 bits per heavy atom. The van der Waals surface area contributed by atoms with E-state index < -0.39 is 0 Å². The second-order valence-electron chi connectivity index (χ2n) is 3.08. The van der Waals surface area contributed by atoms with Crippen LogP contribution in [0.4, 0.5) is 0 Å². The maximum atomic E-state index is 5.76. The number of nitrogens with two attached hydrogens (primary N) is 1. The van der Waals surface area contributed by atoms with Crippen LogP contribution in [0.25, 0.3) is 0 Å². The summed E-state index contributed by atoms with van der Waals surface area (Å²) in [6, 6.07) is 0. The van der Waals surface area contributed by atoms with E-state index in [4.69, 9.17) is 5.73 Å². The Hall–Kier alpha value is -0.0800. The van der Waals surface area contributed by atoms with Crippen LogP contribution < -0.4 is 5.73 Å². The van der Waals surface area contributed by atoms with Crippen molar-refractivity contribution in [3.8, 4) is 0 Å². The molecule has 0 aliphatic rings. The highest BCUT2D eigenvalue weighted by molar-refractivity contribution is 4.58. The number of nitrogens with zero attached hydrogens (tertiary/aromatic N) is 1.